The normalized spacial score (nSPS) is 13.1. The van der Waals surface area contributed by atoms with Gasteiger partial charge in [-0.2, -0.15) is 0 Å². The summed E-state index contributed by atoms with van der Waals surface area (Å²) in [6.45, 7) is 3.36. The number of fused-ring (bicyclic) bond motifs is 3. The Morgan fingerprint density at radius 3 is 1.93 bits per heavy atom. The molecule has 0 bridgehead atoms. The van der Waals surface area contributed by atoms with Crippen LogP contribution in [-0.4, -0.2) is 42.1 Å². The molecule has 0 aliphatic carbocycles. The van der Waals surface area contributed by atoms with Gasteiger partial charge in [0, 0.05) is 46.1 Å². The SMILES string of the molecule is Cc1c(C(=O)c2ccccc2)oc2ccc3oc(C(=O)c4ccc(OCC(=O)N5CCCC5)cc4)c(-c4ccccc4)c3c12. The highest BCUT2D eigenvalue weighted by atomic mass is 16.5. The summed E-state index contributed by atoms with van der Waals surface area (Å²) in [6.07, 6.45) is 2.04. The fourth-order valence-electron chi connectivity index (χ4n) is 5.94. The number of aryl methyl sites for hydroxylation is 1. The number of ether oxygens (including phenoxy) is 1. The monoisotopic (exact) mass is 583 g/mol. The first-order valence-corrected chi connectivity index (χ1v) is 14.7. The zero-order valence-corrected chi connectivity index (χ0v) is 24.2. The molecule has 0 unspecified atom stereocenters. The Balaban J connectivity index is 1.28. The summed E-state index contributed by atoms with van der Waals surface area (Å²) in [4.78, 5) is 41.6. The van der Waals surface area contributed by atoms with Gasteiger partial charge in [0.2, 0.25) is 11.6 Å². The summed E-state index contributed by atoms with van der Waals surface area (Å²) in [6, 6.07) is 28.9. The molecule has 0 atom stereocenters. The predicted molar refractivity (Wildman–Crippen MR) is 167 cm³/mol. The van der Waals surface area contributed by atoms with Gasteiger partial charge in [-0.15, -0.1) is 0 Å². The summed E-state index contributed by atoms with van der Waals surface area (Å²) >= 11 is 0. The van der Waals surface area contributed by atoms with E-state index in [0.29, 0.717) is 44.6 Å². The van der Waals surface area contributed by atoms with E-state index < -0.39 is 0 Å². The summed E-state index contributed by atoms with van der Waals surface area (Å²) < 4.78 is 18.1. The number of rotatable bonds is 8. The maximum atomic E-state index is 14.0. The third-order valence-corrected chi connectivity index (χ3v) is 8.19. The highest BCUT2D eigenvalue weighted by molar-refractivity contribution is 6.22. The third-order valence-electron chi connectivity index (χ3n) is 8.19. The van der Waals surface area contributed by atoms with Crippen molar-refractivity contribution in [3.05, 3.63) is 125 Å². The molecule has 1 fully saturated rings. The summed E-state index contributed by atoms with van der Waals surface area (Å²) in [5, 5.41) is 1.45. The fourth-order valence-corrected chi connectivity index (χ4v) is 5.94. The van der Waals surface area contributed by atoms with E-state index in [1.807, 2.05) is 60.4 Å². The first kappa shape index (κ1) is 27.4. The second-order valence-electron chi connectivity index (χ2n) is 11.0. The Bertz CT molecular complexity index is 2010. The van der Waals surface area contributed by atoms with Crippen LogP contribution in [-0.2, 0) is 4.79 Å². The molecule has 2 aromatic heterocycles. The van der Waals surface area contributed by atoms with Gasteiger partial charge in [0.1, 0.15) is 16.9 Å². The summed E-state index contributed by atoms with van der Waals surface area (Å²) in [5.41, 5.74) is 4.12. The molecular formula is C37H29NO6. The van der Waals surface area contributed by atoms with Crippen molar-refractivity contribution in [1.29, 1.82) is 0 Å². The Kier molecular flexibility index (Phi) is 7.06. The van der Waals surface area contributed by atoms with Gasteiger partial charge in [-0.3, -0.25) is 14.4 Å². The number of benzene rings is 4. The fraction of sp³-hybridized carbons (Fsp3) is 0.162. The van der Waals surface area contributed by atoms with Gasteiger partial charge in [0.05, 0.1) is 0 Å². The molecule has 1 saturated heterocycles. The molecule has 7 nitrogen and oxygen atoms in total. The van der Waals surface area contributed by atoms with Gasteiger partial charge >= 0.3 is 0 Å². The topological polar surface area (TPSA) is 90.0 Å². The van der Waals surface area contributed by atoms with Crippen molar-refractivity contribution in [2.75, 3.05) is 19.7 Å². The lowest BCUT2D eigenvalue weighted by Crippen LogP contribution is -2.32. The molecule has 3 heterocycles. The lowest BCUT2D eigenvalue weighted by atomic mass is 9.95. The smallest absolute Gasteiger partial charge is 0.260 e. The first-order chi connectivity index (χ1) is 21.5. The quantitative estimate of drug-likeness (QED) is 0.171. The van der Waals surface area contributed by atoms with Gasteiger partial charge in [0.15, 0.2) is 18.1 Å². The van der Waals surface area contributed by atoms with E-state index in [9.17, 15) is 14.4 Å². The summed E-state index contributed by atoms with van der Waals surface area (Å²) in [5.74, 6) is 0.409. The highest BCUT2D eigenvalue weighted by Gasteiger charge is 2.28. The number of furan rings is 2. The van der Waals surface area contributed by atoms with Crippen molar-refractivity contribution < 1.29 is 28.0 Å². The largest absolute Gasteiger partial charge is 0.484 e. The summed E-state index contributed by atoms with van der Waals surface area (Å²) in [7, 11) is 0. The van der Waals surface area contributed by atoms with Gasteiger partial charge in [-0.05, 0) is 61.7 Å². The van der Waals surface area contributed by atoms with Crippen molar-refractivity contribution in [3.8, 4) is 16.9 Å². The molecule has 0 spiro atoms. The highest BCUT2D eigenvalue weighted by Crippen LogP contribution is 2.43. The number of hydrogen-bond donors (Lipinski definition) is 0. The molecule has 4 aromatic carbocycles. The average Bonchev–Trinajstić information content (AvgIpc) is 3.82. The molecule has 1 aliphatic rings. The van der Waals surface area contributed by atoms with Crippen LogP contribution in [0, 0.1) is 6.92 Å². The standard InChI is InChI=1S/C37H29NO6/c1-23-31-28(43-36(23)34(40)25-12-6-3-7-13-25)18-19-29-33(31)32(24-10-4-2-5-11-24)37(44-29)35(41)26-14-16-27(17-15-26)42-22-30(39)38-20-8-9-21-38/h2-7,10-19H,8-9,20-22H2,1H3. The Morgan fingerprint density at radius 2 is 1.25 bits per heavy atom. The van der Waals surface area contributed by atoms with Crippen LogP contribution >= 0.6 is 0 Å². The Labute approximate surface area is 253 Å². The van der Waals surface area contributed by atoms with E-state index in [-0.39, 0.29) is 35.6 Å². The molecule has 1 aliphatic heterocycles. The predicted octanol–water partition coefficient (Wildman–Crippen LogP) is 7.62. The number of likely N-dealkylation sites (tertiary alicyclic amines) is 1. The number of carbonyl (C=O) groups is 3. The number of carbonyl (C=O) groups excluding carboxylic acids is 3. The number of nitrogens with zero attached hydrogens (tertiary/aromatic N) is 1. The van der Waals surface area contributed by atoms with Crippen molar-refractivity contribution >= 4 is 39.4 Å². The molecular weight excluding hydrogens is 554 g/mol. The molecule has 0 saturated carbocycles. The molecule has 218 valence electrons. The van der Waals surface area contributed by atoms with Crippen LogP contribution in [0.3, 0.4) is 0 Å². The van der Waals surface area contributed by atoms with Crippen LogP contribution in [0.5, 0.6) is 5.75 Å². The van der Waals surface area contributed by atoms with E-state index in [0.717, 1.165) is 36.9 Å². The van der Waals surface area contributed by atoms with Gasteiger partial charge in [0.25, 0.3) is 5.91 Å². The minimum atomic E-state index is -0.297. The van der Waals surface area contributed by atoms with Crippen molar-refractivity contribution in [2.24, 2.45) is 0 Å². The maximum Gasteiger partial charge on any atom is 0.260 e. The van der Waals surface area contributed by atoms with Crippen LogP contribution in [0.25, 0.3) is 33.1 Å². The first-order valence-electron chi connectivity index (χ1n) is 14.7. The van der Waals surface area contributed by atoms with Crippen molar-refractivity contribution in [2.45, 2.75) is 19.8 Å². The van der Waals surface area contributed by atoms with E-state index in [4.69, 9.17) is 13.6 Å². The second-order valence-corrected chi connectivity index (χ2v) is 11.0. The number of amides is 1. The lowest BCUT2D eigenvalue weighted by molar-refractivity contribution is -0.132. The Morgan fingerprint density at radius 1 is 0.682 bits per heavy atom. The van der Waals surface area contributed by atoms with E-state index in [1.165, 1.54) is 0 Å². The van der Waals surface area contributed by atoms with Crippen LogP contribution in [0.2, 0.25) is 0 Å². The van der Waals surface area contributed by atoms with E-state index in [2.05, 4.69) is 0 Å². The molecule has 44 heavy (non-hydrogen) atoms. The molecule has 6 aromatic rings. The van der Waals surface area contributed by atoms with E-state index in [1.54, 1.807) is 48.5 Å². The van der Waals surface area contributed by atoms with Crippen LogP contribution in [0.15, 0.2) is 106 Å². The average molecular weight is 584 g/mol. The number of hydrogen-bond acceptors (Lipinski definition) is 6. The minimum Gasteiger partial charge on any atom is -0.484 e. The van der Waals surface area contributed by atoms with Gasteiger partial charge in [-0.25, -0.2) is 0 Å². The van der Waals surface area contributed by atoms with Crippen LogP contribution < -0.4 is 4.74 Å². The zero-order valence-electron chi connectivity index (χ0n) is 24.2. The third kappa shape index (κ3) is 4.86. The molecule has 7 rings (SSSR count). The van der Waals surface area contributed by atoms with Crippen LogP contribution in [0.4, 0.5) is 0 Å². The minimum absolute atomic E-state index is 0.0353. The van der Waals surface area contributed by atoms with E-state index >= 15 is 0 Å². The van der Waals surface area contributed by atoms with Gasteiger partial charge < -0.3 is 18.5 Å². The van der Waals surface area contributed by atoms with Crippen LogP contribution in [0.1, 0.15) is 50.6 Å². The molecule has 0 N–H and O–H groups in total. The number of ketones is 2. The van der Waals surface area contributed by atoms with Crippen molar-refractivity contribution in [3.63, 3.8) is 0 Å². The molecule has 7 heteroatoms. The molecule has 1 amide bonds. The zero-order chi connectivity index (χ0) is 30.2. The van der Waals surface area contributed by atoms with Crippen molar-refractivity contribution in [1.82, 2.24) is 4.90 Å². The maximum absolute atomic E-state index is 14.0. The second kappa shape index (κ2) is 11.3. The molecule has 0 radical (unpaired) electrons. The lowest BCUT2D eigenvalue weighted by Gasteiger charge is -2.15. The Hall–Kier alpha value is -5.43. The van der Waals surface area contributed by atoms with Gasteiger partial charge in [-0.1, -0.05) is 60.7 Å².